The van der Waals surface area contributed by atoms with Crippen LogP contribution in [0, 0.1) is 13.8 Å². The van der Waals surface area contributed by atoms with Crippen LogP contribution in [0.25, 0.3) is 22.4 Å². The lowest BCUT2D eigenvalue weighted by molar-refractivity contribution is -0.137. The second kappa shape index (κ2) is 8.81. The van der Waals surface area contributed by atoms with Gasteiger partial charge in [0.2, 0.25) is 0 Å². The van der Waals surface area contributed by atoms with E-state index < -0.39 is 11.7 Å². The Kier molecular flexibility index (Phi) is 5.79. The van der Waals surface area contributed by atoms with Gasteiger partial charge in [-0.25, -0.2) is 4.98 Å². The minimum absolute atomic E-state index is 0.00460. The van der Waals surface area contributed by atoms with E-state index in [0.29, 0.717) is 43.8 Å². The fourth-order valence-corrected chi connectivity index (χ4v) is 4.36. The van der Waals surface area contributed by atoms with Crippen molar-refractivity contribution in [2.24, 2.45) is 0 Å². The Morgan fingerprint density at radius 3 is 2.46 bits per heavy atom. The summed E-state index contributed by atoms with van der Waals surface area (Å²) in [7, 11) is 0. The molecule has 1 amide bonds. The molecule has 1 aliphatic rings. The smallest absolute Gasteiger partial charge is 0.361 e. The van der Waals surface area contributed by atoms with Gasteiger partial charge in [-0.2, -0.15) is 13.2 Å². The molecule has 11 heteroatoms. The molecule has 1 aliphatic heterocycles. The van der Waals surface area contributed by atoms with E-state index in [-0.39, 0.29) is 28.4 Å². The maximum absolute atomic E-state index is 13.6. The standard InChI is InChI=1S/C24H22F3N5O3/c1-14-11-16(30-34-14)13-31-7-9-32(10-8-31)23(33)18-12-20(28-22-21(18)15(2)29-35-22)17-5-3-4-6-19(17)24(25,26)27/h3-6,11-12H,7-10,13H2,1-2H3. The largest absolute Gasteiger partial charge is 0.417 e. The number of rotatable bonds is 4. The number of halogens is 3. The minimum atomic E-state index is -4.58. The van der Waals surface area contributed by atoms with Crippen molar-refractivity contribution in [3.63, 3.8) is 0 Å². The molecule has 1 fully saturated rings. The quantitative estimate of drug-likeness (QED) is 0.421. The van der Waals surface area contributed by atoms with Crippen molar-refractivity contribution in [1.82, 2.24) is 25.1 Å². The van der Waals surface area contributed by atoms with Crippen LogP contribution in [0.5, 0.6) is 0 Å². The molecular weight excluding hydrogens is 463 g/mol. The number of hydrogen-bond donors (Lipinski definition) is 0. The number of carbonyl (C=O) groups is 1. The number of hydrogen-bond acceptors (Lipinski definition) is 7. The van der Waals surface area contributed by atoms with Crippen LogP contribution in [-0.2, 0) is 12.7 Å². The van der Waals surface area contributed by atoms with Gasteiger partial charge < -0.3 is 13.9 Å². The lowest BCUT2D eigenvalue weighted by atomic mass is 10.00. The van der Waals surface area contributed by atoms with Crippen molar-refractivity contribution < 1.29 is 27.0 Å². The molecule has 0 unspecified atom stereocenters. The first kappa shape index (κ1) is 23.0. The predicted molar refractivity (Wildman–Crippen MR) is 119 cm³/mol. The van der Waals surface area contributed by atoms with Crippen LogP contribution in [0.3, 0.4) is 0 Å². The lowest BCUT2D eigenvalue weighted by Crippen LogP contribution is -2.48. The summed E-state index contributed by atoms with van der Waals surface area (Å²) in [6, 6.07) is 8.42. The van der Waals surface area contributed by atoms with Gasteiger partial charge in [0.25, 0.3) is 11.6 Å². The van der Waals surface area contributed by atoms with Gasteiger partial charge in [-0.1, -0.05) is 28.5 Å². The number of nitrogens with zero attached hydrogens (tertiary/aromatic N) is 5. The molecule has 182 valence electrons. The highest BCUT2D eigenvalue weighted by Crippen LogP contribution is 2.37. The molecule has 0 saturated carbocycles. The number of alkyl halides is 3. The Hall–Kier alpha value is -3.73. The summed E-state index contributed by atoms with van der Waals surface area (Å²) < 4.78 is 51.3. The molecule has 1 saturated heterocycles. The Morgan fingerprint density at radius 1 is 1.03 bits per heavy atom. The molecular formula is C24H22F3N5O3. The highest BCUT2D eigenvalue weighted by molar-refractivity contribution is 6.07. The minimum Gasteiger partial charge on any atom is -0.361 e. The second-order valence-corrected chi connectivity index (χ2v) is 8.54. The predicted octanol–water partition coefficient (Wildman–Crippen LogP) is 4.47. The van der Waals surface area contributed by atoms with Crippen LogP contribution in [0.1, 0.15) is 33.1 Å². The molecule has 0 radical (unpaired) electrons. The number of pyridine rings is 1. The van der Waals surface area contributed by atoms with Crippen molar-refractivity contribution in [2.45, 2.75) is 26.6 Å². The first-order chi connectivity index (χ1) is 16.7. The van der Waals surface area contributed by atoms with Crippen LogP contribution < -0.4 is 0 Å². The highest BCUT2D eigenvalue weighted by Gasteiger charge is 2.34. The van der Waals surface area contributed by atoms with Crippen LogP contribution in [0.4, 0.5) is 13.2 Å². The van der Waals surface area contributed by atoms with Gasteiger partial charge >= 0.3 is 6.18 Å². The molecule has 0 bridgehead atoms. The number of aromatic nitrogens is 3. The van der Waals surface area contributed by atoms with Crippen molar-refractivity contribution in [2.75, 3.05) is 26.2 Å². The number of piperazine rings is 1. The SMILES string of the molecule is Cc1cc(CN2CCN(C(=O)c3cc(-c4ccccc4C(F)(F)F)nc4onc(C)c34)CC2)no1. The van der Waals surface area contributed by atoms with Gasteiger partial charge in [0.1, 0.15) is 5.76 Å². The van der Waals surface area contributed by atoms with E-state index in [4.69, 9.17) is 9.05 Å². The van der Waals surface area contributed by atoms with Gasteiger partial charge in [0.15, 0.2) is 0 Å². The van der Waals surface area contributed by atoms with Crippen LogP contribution in [-0.4, -0.2) is 57.2 Å². The second-order valence-electron chi connectivity index (χ2n) is 8.54. The van der Waals surface area contributed by atoms with Crippen LogP contribution in [0.15, 0.2) is 45.4 Å². The van der Waals surface area contributed by atoms with E-state index in [2.05, 4.69) is 20.2 Å². The van der Waals surface area contributed by atoms with Crippen molar-refractivity contribution in [3.8, 4) is 11.3 Å². The molecule has 0 aliphatic carbocycles. The molecule has 3 aromatic heterocycles. The number of amides is 1. The Bertz CT molecular complexity index is 1390. The van der Waals surface area contributed by atoms with E-state index in [0.717, 1.165) is 17.5 Å². The van der Waals surface area contributed by atoms with E-state index in [1.807, 2.05) is 13.0 Å². The lowest BCUT2D eigenvalue weighted by Gasteiger charge is -2.34. The molecule has 0 N–H and O–H groups in total. The van der Waals surface area contributed by atoms with E-state index in [1.165, 1.54) is 24.3 Å². The fourth-order valence-electron chi connectivity index (χ4n) is 4.36. The summed E-state index contributed by atoms with van der Waals surface area (Å²) in [5.74, 6) is 0.439. The van der Waals surface area contributed by atoms with Gasteiger partial charge in [-0.15, -0.1) is 0 Å². The van der Waals surface area contributed by atoms with Crippen molar-refractivity contribution in [1.29, 1.82) is 0 Å². The number of fused-ring (bicyclic) bond motifs is 1. The molecule has 35 heavy (non-hydrogen) atoms. The third-order valence-electron chi connectivity index (χ3n) is 6.08. The number of carbonyl (C=O) groups excluding carboxylic acids is 1. The Balaban J connectivity index is 1.45. The van der Waals surface area contributed by atoms with Gasteiger partial charge in [0, 0.05) is 44.4 Å². The van der Waals surface area contributed by atoms with Gasteiger partial charge in [-0.3, -0.25) is 9.69 Å². The molecule has 1 aromatic carbocycles. The summed E-state index contributed by atoms with van der Waals surface area (Å²) in [4.78, 5) is 21.7. The monoisotopic (exact) mass is 485 g/mol. The number of aryl methyl sites for hydroxylation is 2. The van der Waals surface area contributed by atoms with Crippen molar-refractivity contribution in [3.05, 3.63) is 64.7 Å². The first-order valence-electron chi connectivity index (χ1n) is 11.1. The summed E-state index contributed by atoms with van der Waals surface area (Å²) in [6.07, 6.45) is -4.58. The van der Waals surface area contributed by atoms with E-state index >= 15 is 0 Å². The third kappa shape index (κ3) is 4.51. The van der Waals surface area contributed by atoms with Crippen molar-refractivity contribution >= 4 is 17.0 Å². The maximum Gasteiger partial charge on any atom is 0.417 e. The van der Waals surface area contributed by atoms with Gasteiger partial charge in [-0.05, 0) is 26.0 Å². The zero-order valence-corrected chi connectivity index (χ0v) is 19.1. The average Bonchev–Trinajstić information content (AvgIpc) is 3.43. The number of benzene rings is 1. The van der Waals surface area contributed by atoms with Crippen LogP contribution >= 0.6 is 0 Å². The topological polar surface area (TPSA) is 88.5 Å². The van der Waals surface area contributed by atoms with Crippen LogP contribution in [0.2, 0.25) is 0 Å². The maximum atomic E-state index is 13.6. The Morgan fingerprint density at radius 2 is 1.77 bits per heavy atom. The third-order valence-corrected chi connectivity index (χ3v) is 6.08. The normalized spacial score (nSPS) is 15.2. The molecule has 0 spiro atoms. The Labute approximate surface area is 198 Å². The first-order valence-corrected chi connectivity index (χ1v) is 11.1. The summed E-state index contributed by atoms with van der Waals surface area (Å²) in [6.45, 7) is 6.27. The zero-order chi connectivity index (χ0) is 24.7. The van der Waals surface area contributed by atoms with Gasteiger partial charge in [0.05, 0.1) is 33.6 Å². The average molecular weight is 485 g/mol. The summed E-state index contributed by atoms with van der Waals surface area (Å²) in [5, 5.41) is 8.31. The summed E-state index contributed by atoms with van der Waals surface area (Å²) >= 11 is 0. The molecule has 4 heterocycles. The molecule has 8 nitrogen and oxygen atoms in total. The van der Waals surface area contributed by atoms with E-state index in [1.54, 1.807) is 11.8 Å². The molecule has 0 atom stereocenters. The zero-order valence-electron chi connectivity index (χ0n) is 19.1. The molecule has 5 rings (SSSR count). The molecule has 4 aromatic rings. The highest BCUT2D eigenvalue weighted by atomic mass is 19.4. The summed E-state index contributed by atoms with van der Waals surface area (Å²) in [5.41, 5.74) is 0.570. The van der Waals surface area contributed by atoms with E-state index in [9.17, 15) is 18.0 Å². The fraction of sp³-hybridized carbons (Fsp3) is 0.333.